The van der Waals surface area contributed by atoms with Crippen molar-refractivity contribution in [3.63, 3.8) is 0 Å². The lowest BCUT2D eigenvalue weighted by Crippen LogP contribution is -2.36. The Morgan fingerprint density at radius 2 is 2.14 bits per heavy atom. The van der Waals surface area contributed by atoms with Crippen molar-refractivity contribution in [3.8, 4) is 0 Å². The lowest BCUT2D eigenvalue weighted by atomic mass is 9.85. The fraction of sp³-hybridized carbons (Fsp3) is 0.700. The minimum Gasteiger partial charge on any atom is -0.366 e. The van der Waals surface area contributed by atoms with Crippen LogP contribution in [0.4, 0.5) is 0 Å². The molecule has 0 aromatic heterocycles. The summed E-state index contributed by atoms with van der Waals surface area (Å²) in [6, 6.07) is 0. The Bertz CT molecular complexity index is 314. The van der Waals surface area contributed by atoms with Gasteiger partial charge in [-0.15, -0.1) is 0 Å². The Morgan fingerprint density at radius 3 is 2.86 bits per heavy atom. The summed E-state index contributed by atoms with van der Waals surface area (Å²) in [5, 5.41) is 0. The van der Waals surface area contributed by atoms with E-state index in [-0.39, 0.29) is 36.2 Å². The molecule has 3 heterocycles. The van der Waals surface area contributed by atoms with Crippen LogP contribution < -0.4 is 0 Å². The number of methoxy groups -OCH3 is 1. The summed E-state index contributed by atoms with van der Waals surface area (Å²) in [6.07, 6.45) is 3.98. The number of rotatable bonds is 1. The second-order valence-electron chi connectivity index (χ2n) is 4.13. The van der Waals surface area contributed by atoms with Gasteiger partial charge in [-0.25, -0.2) is 0 Å². The minimum absolute atomic E-state index is 0.0138. The summed E-state index contributed by atoms with van der Waals surface area (Å²) in [5.74, 6) is 0.325. The van der Waals surface area contributed by atoms with Crippen LogP contribution in [0.5, 0.6) is 0 Å². The normalized spacial score (nSPS) is 49.1. The van der Waals surface area contributed by atoms with Crippen LogP contribution in [0, 0.1) is 11.8 Å². The van der Waals surface area contributed by atoms with Crippen LogP contribution in [0.3, 0.4) is 0 Å². The van der Waals surface area contributed by atoms with Crippen LogP contribution in [0.25, 0.3) is 0 Å². The van der Waals surface area contributed by atoms with Crippen LogP contribution in [-0.2, 0) is 14.3 Å². The molecular formula is C10H13NO3. The molecule has 3 aliphatic heterocycles. The molecule has 2 fully saturated rings. The first-order valence-corrected chi connectivity index (χ1v) is 4.87. The van der Waals surface area contributed by atoms with Gasteiger partial charge in [0.25, 0.3) is 0 Å². The van der Waals surface area contributed by atoms with Gasteiger partial charge in [0.05, 0.1) is 18.1 Å². The monoisotopic (exact) mass is 195 g/mol. The highest BCUT2D eigenvalue weighted by Gasteiger charge is 2.59. The molecule has 76 valence electrons. The summed E-state index contributed by atoms with van der Waals surface area (Å²) < 4.78 is 11.0. The first-order valence-electron chi connectivity index (χ1n) is 4.87. The van der Waals surface area contributed by atoms with E-state index in [4.69, 9.17) is 9.47 Å². The number of nitrogens with zero attached hydrogens (tertiary/aromatic N) is 1. The van der Waals surface area contributed by atoms with Gasteiger partial charge in [-0.05, 0) is 0 Å². The maximum atomic E-state index is 11.9. The van der Waals surface area contributed by atoms with Gasteiger partial charge >= 0.3 is 0 Å². The first kappa shape index (κ1) is 8.44. The number of amides is 1. The van der Waals surface area contributed by atoms with Crippen molar-refractivity contribution in [2.75, 3.05) is 14.2 Å². The number of hydrogen-bond acceptors (Lipinski definition) is 3. The Labute approximate surface area is 82.5 Å². The van der Waals surface area contributed by atoms with E-state index in [1.807, 2.05) is 12.2 Å². The van der Waals surface area contributed by atoms with Gasteiger partial charge in [0, 0.05) is 20.1 Å². The zero-order valence-electron chi connectivity index (χ0n) is 8.21. The molecular weight excluding hydrogens is 182 g/mol. The third-order valence-electron chi connectivity index (χ3n) is 3.54. The molecule has 3 aliphatic rings. The molecule has 3 rings (SSSR count). The predicted octanol–water partition coefficient (Wildman–Crippen LogP) is 0.000500. The Kier molecular flexibility index (Phi) is 1.56. The van der Waals surface area contributed by atoms with Crippen LogP contribution in [0.15, 0.2) is 12.2 Å². The van der Waals surface area contributed by atoms with Crippen molar-refractivity contribution < 1.29 is 14.3 Å². The molecule has 0 spiro atoms. The molecule has 5 atom stereocenters. The van der Waals surface area contributed by atoms with E-state index in [1.54, 1.807) is 19.1 Å². The first-order chi connectivity index (χ1) is 6.74. The summed E-state index contributed by atoms with van der Waals surface area (Å²) in [6.45, 7) is 0. The zero-order valence-corrected chi connectivity index (χ0v) is 8.21. The lowest BCUT2D eigenvalue weighted by molar-refractivity contribution is -0.138. The molecule has 5 unspecified atom stereocenters. The van der Waals surface area contributed by atoms with Crippen LogP contribution in [0.1, 0.15) is 0 Å². The fourth-order valence-corrected chi connectivity index (χ4v) is 2.92. The van der Waals surface area contributed by atoms with E-state index in [1.165, 1.54) is 0 Å². The van der Waals surface area contributed by atoms with E-state index in [0.29, 0.717) is 0 Å². The summed E-state index contributed by atoms with van der Waals surface area (Å²) in [4.78, 5) is 13.6. The largest absolute Gasteiger partial charge is 0.366 e. The van der Waals surface area contributed by atoms with Gasteiger partial charge in [0.15, 0.2) is 0 Å². The molecule has 0 aromatic carbocycles. The second kappa shape index (κ2) is 2.58. The molecule has 2 bridgehead atoms. The Hall–Kier alpha value is -0.870. The van der Waals surface area contributed by atoms with Gasteiger partial charge in [-0.2, -0.15) is 0 Å². The molecule has 0 aromatic rings. The van der Waals surface area contributed by atoms with Gasteiger partial charge in [0.1, 0.15) is 6.23 Å². The van der Waals surface area contributed by atoms with Crippen molar-refractivity contribution >= 4 is 5.91 Å². The quantitative estimate of drug-likeness (QED) is 0.553. The highest BCUT2D eigenvalue weighted by atomic mass is 16.5. The molecule has 4 heteroatoms. The third-order valence-corrected chi connectivity index (χ3v) is 3.54. The predicted molar refractivity (Wildman–Crippen MR) is 48.3 cm³/mol. The highest BCUT2D eigenvalue weighted by molar-refractivity contribution is 5.83. The summed E-state index contributed by atoms with van der Waals surface area (Å²) in [5.41, 5.74) is 0. The summed E-state index contributed by atoms with van der Waals surface area (Å²) >= 11 is 0. The number of carbonyl (C=O) groups excluding carboxylic acids is 1. The van der Waals surface area contributed by atoms with Gasteiger partial charge < -0.3 is 14.4 Å². The van der Waals surface area contributed by atoms with Gasteiger partial charge in [0.2, 0.25) is 5.91 Å². The SMILES string of the molecule is COC1C2C3C=CC(O3)C2C(=O)N1C. The maximum Gasteiger partial charge on any atom is 0.230 e. The van der Waals surface area contributed by atoms with Crippen LogP contribution >= 0.6 is 0 Å². The van der Waals surface area contributed by atoms with E-state index in [2.05, 4.69) is 0 Å². The molecule has 4 nitrogen and oxygen atoms in total. The average Bonchev–Trinajstić information content (AvgIpc) is 2.82. The van der Waals surface area contributed by atoms with Crippen molar-refractivity contribution in [3.05, 3.63) is 12.2 Å². The van der Waals surface area contributed by atoms with Crippen molar-refractivity contribution in [2.24, 2.45) is 11.8 Å². The van der Waals surface area contributed by atoms with Gasteiger partial charge in [-0.1, -0.05) is 12.2 Å². The average molecular weight is 195 g/mol. The number of fused-ring (bicyclic) bond motifs is 5. The van der Waals surface area contributed by atoms with Crippen LogP contribution in [-0.4, -0.2) is 43.4 Å². The smallest absolute Gasteiger partial charge is 0.230 e. The fourth-order valence-electron chi connectivity index (χ4n) is 2.92. The minimum atomic E-state index is -0.118. The number of carbonyl (C=O) groups is 1. The topological polar surface area (TPSA) is 38.8 Å². The molecule has 0 saturated carbocycles. The molecule has 1 amide bonds. The molecule has 14 heavy (non-hydrogen) atoms. The lowest BCUT2D eigenvalue weighted by Gasteiger charge is -2.24. The van der Waals surface area contributed by atoms with E-state index < -0.39 is 0 Å². The van der Waals surface area contributed by atoms with Gasteiger partial charge in [-0.3, -0.25) is 4.79 Å². The molecule has 0 N–H and O–H groups in total. The Balaban J connectivity index is 1.99. The van der Waals surface area contributed by atoms with Crippen molar-refractivity contribution in [1.82, 2.24) is 4.90 Å². The Morgan fingerprint density at radius 1 is 1.43 bits per heavy atom. The zero-order chi connectivity index (χ0) is 9.87. The van der Waals surface area contributed by atoms with E-state index in [9.17, 15) is 4.79 Å². The second-order valence-corrected chi connectivity index (χ2v) is 4.13. The molecule has 0 aliphatic carbocycles. The van der Waals surface area contributed by atoms with Crippen molar-refractivity contribution in [1.29, 1.82) is 0 Å². The standard InChI is InChI=1S/C10H13NO3/c1-11-9(12)7-5-3-4-6(14-5)8(7)10(11)13-2/h3-8,10H,1-2H3. The molecule has 0 radical (unpaired) electrons. The van der Waals surface area contributed by atoms with Crippen molar-refractivity contribution in [2.45, 2.75) is 18.4 Å². The highest BCUT2D eigenvalue weighted by Crippen LogP contribution is 2.47. The van der Waals surface area contributed by atoms with E-state index >= 15 is 0 Å². The number of hydrogen-bond donors (Lipinski definition) is 0. The number of ether oxygens (including phenoxy) is 2. The summed E-state index contributed by atoms with van der Waals surface area (Å²) in [7, 11) is 3.45. The molecule has 2 saturated heterocycles. The third kappa shape index (κ3) is 0.786. The van der Waals surface area contributed by atoms with E-state index in [0.717, 1.165) is 0 Å². The number of likely N-dealkylation sites (tertiary alicyclic amines) is 1. The maximum absolute atomic E-state index is 11.9. The van der Waals surface area contributed by atoms with Crippen LogP contribution in [0.2, 0.25) is 0 Å².